The van der Waals surface area contributed by atoms with Gasteiger partial charge in [-0.2, -0.15) is 0 Å². The smallest absolute Gasteiger partial charge is 0.280 e. The molecule has 25 heavy (non-hydrogen) atoms. The molecule has 0 amide bonds. The highest BCUT2D eigenvalue weighted by Gasteiger charge is 2.18. The van der Waals surface area contributed by atoms with Gasteiger partial charge in [0.15, 0.2) is 0 Å². The Kier molecular flexibility index (Phi) is 4.85. The zero-order chi connectivity index (χ0) is 18.0. The Bertz CT molecular complexity index is 915. The first-order valence-electron chi connectivity index (χ1n) is 7.74. The zero-order valence-corrected chi connectivity index (χ0v) is 13.5. The third-order valence-corrected chi connectivity index (χ3v) is 3.78. The number of nitrogens with zero attached hydrogens (tertiary/aromatic N) is 2. The Labute approximate surface area is 142 Å². The molecule has 0 atom stereocenters. The molecule has 2 N–H and O–H groups in total. The van der Waals surface area contributed by atoms with Crippen LogP contribution in [0, 0.1) is 5.82 Å². The Balaban J connectivity index is 2.20. The van der Waals surface area contributed by atoms with E-state index in [1.165, 1.54) is 12.1 Å². The molecule has 0 aliphatic heterocycles. The first kappa shape index (κ1) is 17.2. The van der Waals surface area contributed by atoms with Crippen molar-refractivity contribution in [3.63, 3.8) is 0 Å². The lowest BCUT2D eigenvalue weighted by Gasteiger charge is -2.13. The SMILES string of the molecule is CCOc1nc(C(F)F)ccc1-c1ccc2cnc(CN)cc2c1F. The molecule has 3 rings (SSSR count). The zero-order valence-electron chi connectivity index (χ0n) is 13.5. The minimum Gasteiger partial charge on any atom is -0.478 e. The van der Waals surface area contributed by atoms with Crippen LogP contribution >= 0.6 is 0 Å². The van der Waals surface area contributed by atoms with Gasteiger partial charge in [0.1, 0.15) is 11.5 Å². The van der Waals surface area contributed by atoms with Gasteiger partial charge in [-0.3, -0.25) is 4.98 Å². The number of fused-ring (bicyclic) bond motifs is 1. The average Bonchev–Trinajstić information content (AvgIpc) is 2.62. The third-order valence-electron chi connectivity index (χ3n) is 3.78. The van der Waals surface area contributed by atoms with Crippen molar-refractivity contribution in [2.75, 3.05) is 6.61 Å². The van der Waals surface area contributed by atoms with Gasteiger partial charge in [-0.1, -0.05) is 12.1 Å². The van der Waals surface area contributed by atoms with Gasteiger partial charge in [-0.05, 0) is 25.1 Å². The van der Waals surface area contributed by atoms with Crippen LogP contribution < -0.4 is 10.5 Å². The lowest BCUT2D eigenvalue weighted by molar-refractivity contribution is 0.144. The molecule has 7 heteroatoms. The van der Waals surface area contributed by atoms with E-state index in [2.05, 4.69) is 9.97 Å². The van der Waals surface area contributed by atoms with Crippen LogP contribution in [-0.2, 0) is 6.54 Å². The summed E-state index contributed by atoms with van der Waals surface area (Å²) in [5.74, 6) is -0.520. The van der Waals surface area contributed by atoms with Crippen LogP contribution in [0.2, 0.25) is 0 Å². The quantitative estimate of drug-likeness (QED) is 0.750. The maximum atomic E-state index is 15.1. The van der Waals surface area contributed by atoms with E-state index in [1.54, 1.807) is 31.3 Å². The molecule has 0 aliphatic rings. The molecule has 2 heterocycles. The van der Waals surface area contributed by atoms with E-state index in [9.17, 15) is 8.78 Å². The van der Waals surface area contributed by atoms with Gasteiger partial charge < -0.3 is 10.5 Å². The van der Waals surface area contributed by atoms with E-state index in [4.69, 9.17) is 10.5 Å². The van der Waals surface area contributed by atoms with Crippen molar-refractivity contribution in [2.45, 2.75) is 19.9 Å². The minimum atomic E-state index is -2.73. The minimum absolute atomic E-state index is 0.0216. The van der Waals surface area contributed by atoms with Gasteiger partial charge in [0.2, 0.25) is 5.88 Å². The van der Waals surface area contributed by atoms with Gasteiger partial charge >= 0.3 is 0 Å². The highest BCUT2D eigenvalue weighted by molar-refractivity contribution is 5.88. The van der Waals surface area contributed by atoms with Crippen LogP contribution in [0.4, 0.5) is 13.2 Å². The maximum absolute atomic E-state index is 15.1. The molecule has 2 aromatic heterocycles. The van der Waals surface area contributed by atoms with Gasteiger partial charge in [0.05, 0.1) is 12.3 Å². The molecule has 0 saturated carbocycles. The Morgan fingerprint density at radius 2 is 1.92 bits per heavy atom. The summed E-state index contributed by atoms with van der Waals surface area (Å²) in [6.45, 7) is 2.12. The number of ether oxygens (including phenoxy) is 1. The lowest BCUT2D eigenvalue weighted by atomic mass is 10.0. The van der Waals surface area contributed by atoms with Crippen molar-refractivity contribution < 1.29 is 17.9 Å². The summed E-state index contributed by atoms with van der Waals surface area (Å²) in [7, 11) is 0. The van der Waals surface area contributed by atoms with E-state index in [0.29, 0.717) is 22.0 Å². The Hall–Kier alpha value is -2.67. The number of hydrogen-bond acceptors (Lipinski definition) is 4. The summed E-state index contributed by atoms with van der Waals surface area (Å²) in [5.41, 5.74) is 6.24. The molecule has 0 unspecified atom stereocenters. The van der Waals surface area contributed by atoms with Crippen LogP contribution in [-0.4, -0.2) is 16.6 Å². The second-order valence-electron chi connectivity index (χ2n) is 5.35. The van der Waals surface area contributed by atoms with Crippen molar-refractivity contribution in [1.29, 1.82) is 0 Å². The highest BCUT2D eigenvalue weighted by Crippen LogP contribution is 2.35. The summed E-state index contributed by atoms with van der Waals surface area (Å²) in [4.78, 5) is 7.96. The van der Waals surface area contributed by atoms with Crippen molar-refractivity contribution in [3.05, 3.63) is 53.7 Å². The predicted octanol–water partition coefficient (Wildman–Crippen LogP) is 4.23. The fourth-order valence-corrected chi connectivity index (χ4v) is 2.57. The third kappa shape index (κ3) is 3.28. The molecule has 1 aromatic carbocycles. The number of halogens is 3. The molecule has 130 valence electrons. The van der Waals surface area contributed by atoms with Gasteiger partial charge in [0.25, 0.3) is 6.43 Å². The normalized spacial score (nSPS) is 11.3. The monoisotopic (exact) mass is 347 g/mol. The number of aromatic nitrogens is 2. The van der Waals surface area contributed by atoms with Crippen molar-refractivity contribution in [1.82, 2.24) is 9.97 Å². The van der Waals surface area contributed by atoms with Crippen LogP contribution in [0.5, 0.6) is 5.88 Å². The number of rotatable bonds is 5. The summed E-state index contributed by atoms with van der Waals surface area (Å²) in [6, 6.07) is 7.41. The summed E-state index contributed by atoms with van der Waals surface area (Å²) >= 11 is 0. The van der Waals surface area contributed by atoms with Gasteiger partial charge in [-0.25, -0.2) is 18.2 Å². The number of benzene rings is 1. The van der Waals surface area contributed by atoms with Gasteiger partial charge in [0, 0.05) is 34.6 Å². The van der Waals surface area contributed by atoms with Crippen molar-refractivity contribution in [2.24, 2.45) is 5.73 Å². The topological polar surface area (TPSA) is 61.0 Å². The maximum Gasteiger partial charge on any atom is 0.280 e. The first-order chi connectivity index (χ1) is 12.0. The number of alkyl halides is 2. The van der Waals surface area contributed by atoms with Crippen LogP contribution in [0.15, 0.2) is 36.5 Å². The summed E-state index contributed by atoms with van der Waals surface area (Å²) in [5, 5.41) is 0.974. The fraction of sp³-hybridized carbons (Fsp3) is 0.222. The molecule has 0 aliphatic carbocycles. The van der Waals surface area contributed by atoms with Crippen LogP contribution in [0.3, 0.4) is 0 Å². The molecule has 0 saturated heterocycles. The molecule has 0 spiro atoms. The molecular formula is C18H16F3N3O. The second kappa shape index (κ2) is 7.06. The second-order valence-corrected chi connectivity index (χ2v) is 5.35. The molecule has 0 bridgehead atoms. The molecule has 0 fully saturated rings. The fourth-order valence-electron chi connectivity index (χ4n) is 2.57. The van der Waals surface area contributed by atoms with E-state index in [1.807, 2.05) is 0 Å². The molecule has 0 radical (unpaired) electrons. The van der Waals surface area contributed by atoms with Crippen LogP contribution in [0.25, 0.3) is 21.9 Å². The van der Waals surface area contributed by atoms with E-state index < -0.39 is 17.9 Å². The highest BCUT2D eigenvalue weighted by atomic mass is 19.3. The molecule has 3 aromatic rings. The lowest BCUT2D eigenvalue weighted by Crippen LogP contribution is -2.02. The summed E-state index contributed by atoms with van der Waals surface area (Å²) < 4.78 is 46.2. The largest absolute Gasteiger partial charge is 0.478 e. The summed E-state index contributed by atoms with van der Waals surface area (Å²) in [6.07, 6.45) is -1.18. The number of hydrogen-bond donors (Lipinski definition) is 1. The number of pyridine rings is 2. The Morgan fingerprint density at radius 3 is 2.60 bits per heavy atom. The Morgan fingerprint density at radius 1 is 1.16 bits per heavy atom. The van der Waals surface area contributed by atoms with E-state index >= 15 is 4.39 Å². The standard InChI is InChI=1S/C18H16F3N3O/c1-2-25-18-13(5-6-15(24-18)17(20)21)12-4-3-10-9-23-11(8-22)7-14(10)16(12)19/h3-7,9,17H,2,8,22H2,1H3. The van der Waals surface area contributed by atoms with E-state index in [-0.39, 0.29) is 24.6 Å². The molecule has 4 nitrogen and oxygen atoms in total. The van der Waals surface area contributed by atoms with Crippen LogP contribution in [0.1, 0.15) is 24.7 Å². The molecular weight excluding hydrogens is 331 g/mol. The predicted molar refractivity (Wildman–Crippen MR) is 88.9 cm³/mol. The van der Waals surface area contributed by atoms with E-state index in [0.717, 1.165) is 0 Å². The van der Waals surface area contributed by atoms with Crippen molar-refractivity contribution >= 4 is 10.8 Å². The number of nitrogens with two attached hydrogens (primary N) is 1. The van der Waals surface area contributed by atoms with Gasteiger partial charge in [-0.15, -0.1) is 0 Å². The van der Waals surface area contributed by atoms with Crippen molar-refractivity contribution in [3.8, 4) is 17.0 Å². The average molecular weight is 347 g/mol. The first-order valence-corrected chi connectivity index (χ1v) is 7.74.